The zero-order valence-corrected chi connectivity index (χ0v) is 13.8. The van der Waals surface area contributed by atoms with Crippen LogP contribution in [0.3, 0.4) is 0 Å². The van der Waals surface area contributed by atoms with Crippen LogP contribution in [-0.2, 0) is 17.8 Å². The van der Waals surface area contributed by atoms with Crippen molar-refractivity contribution in [2.75, 3.05) is 6.61 Å². The molecular weight excluding hydrogens is 325 g/mol. The number of halogens is 1. The average Bonchev–Trinajstić information content (AvgIpc) is 2.61. The molecular formula is C18H20FN3O3. The highest BCUT2D eigenvalue weighted by molar-refractivity contribution is 5.82. The minimum absolute atomic E-state index is 0.0387. The third-order valence-corrected chi connectivity index (χ3v) is 3.26. The summed E-state index contributed by atoms with van der Waals surface area (Å²) < 4.78 is 18.2. The number of hydrogen-bond donors (Lipinski definition) is 3. The molecule has 0 unspecified atom stereocenters. The molecule has 0 aliphatic carbocycles. The summed E-state index contributed by atoms with van der Waals surface area (Å²) >= 11 is 0. The molecule has 6 nitrogen and oxygen atoms in total. The second-order valence-corrected chi connectivity index (χ2v) is 5.24. The lowest BCUT2D eigenvalue weighted by Crippen LogP contribution is -2.47. The van der Waals surface area contributed by atoms with Gasteiger partial charge in [0.05, 0.1) is 13.0 Å². The summed E-state index contributed by atoms with van der Waals surface area (Å²) in [5, 5.41) is 2.63. The lowest BCUT2D eigenvalue weighted by atomic mass is 10.1. The van der Waals surface area contributed by atoms with Gasteiger partial charge >= 0.3 is 6.03 Å². The van der Waals surface area contributed by atoms with Crippen LogP contribution in [-0.4, -0.2) is 18.5 Å². The van der Waals surface area contributed by atoms with Gasteiger partial charge < -0.3 is 10.1 Å². The lowest BCUT2D eigenvalue weighted by Gasteiger charge is -2.10. The topological polar surface area (TPSA) is 79.5 Å². The Morgan fingerprint density at radius 2 is 1.80 bits per heavy atom. The van der Waals surface area contributed by atoms with Crippen LogP contribution < -0.4 is 20.9 Å². The maximum Gasteiger partial charge on any atom is 0.333 e. The van der Waals surface area contributed by atoms with Gasteiger partial charge in [-0.25, -0.2) is 14.6 Å². The van der Waals surface area contributed by atoms with Crippen LogP contribution in [0.25, 0.3) is 0 Å². The van der Waals surface area contributed by atoms with E-state index in [0.717, 1.165) is 11.3 Å². The average molecular weight is 345 g/mol. The molecule has 2 aromatic rings. The molecule has 132 valence electrons. The molecule has 0 aliphatic rings. The van der Waals surface area contributed by atoms with Gasteiger partial charge in [0.15, 0.2) is 0 Å². The summed E-state index contributed by atoms with van der Waals surface area (Å²) in [4.78, 5) is 23.4. The second-order valence-electron chi connectivity index (χ2n) is 5.24. The molecule has 0 bridgehead atoms. The Morgan fingerprint density at radius 1 is 1.04 bits per heavy atom. The monoisotopic (exact) mass is 345 g/mol. The van der Waals surface area contributed by atoms with E-state index in [2.05, 4.69) is 16.2 Å². The van der Waals surface area contributed by atoms with Gasteiger partial charge in [-0.3, -0.25) is 10.2 Å². The van der Waals surface area contributed by atoms with Crippen molar-refractivity contribution in [1.29, 1.82) is 0 Å². The Morgan fingerprint density at radius 3 is 2.52 bits per heavy atom. The standard InChI is InChI=1S/C18H20FN3O3/c1-2-25-16-5-3-4-14(10-16)12-20-18(24)22-21-17(23)11-13-6-8-15(19)9-7-13/h3-10H,2,11-12H2,1H3,(H,21,23)(H2,20,22,24). The fourth-order valence-electron chi connectivity index (χ4n) is 2.10. The first kappa shape index (κ1) is 18.3. The van der Waals surface area contributed by atoms with Gasteiger partial charge in [0, 0.05) is 6.54 Å². The predicted molar refractivity (Wildman–Crippen MR) is 91.2 cm³/mol. The number of amides is 3. The summed E-state index contributed by atoms with van der Waals surface area (Å²) in [7, 11) is 0. The van der Waals surface area contributed by atoms with Crippen LogP contribution in [0.4, 0.5) is 9.18 Å². The van der Waals surface area contributed by atoms with E-state index in [9.17, 15) is 14.0 Å². The lowest BCUT2D eigenvalue weighted by molar-refractivity contribution is -0.121. The highest BCUT2D eigenvalue weighted by Gasteiger charge is 2.06. The molecule has 3 amide bonds. The van der Waals surface area contributed by atoms with Gasteiger partial charge in [-0.2, -0.15) is 0 Å². The third kappa shape index (κ3) is 6.50. The predicted octanol–water partition coefficient (Wildman–Crippen LogP) is 2.30. The molecule has 0 aromatic heterocycles. The van der Waals surface area contributed by atoms with Gasteiger partial charge in [0.1, 0.15) is 11.6 Å². The molecule has 2 rings (SSSR count). The van der Waals surface area contributed by atoms with Gasteiger partial charge in [-0.1, -0.05) is 24.3 Å². The number of carbonyl (C=O) groups is 2. The summed E-state index contributed by atoms with van der Waals surface area (Å²) in [6.07, 6.45) is 0.0387. The van der Waals surface area contributed by atoms with Gasteiger partial charge in [-0.15, -0.1) is 0 Å². The van der Waals surface area contributed by atoms with Crippen LogP contribution in [0.5, 0.6) is 5.75 Å². The van der Waals surface area contributed by atoms with E-state index < -0.39 is 11.9 Å². The maximum absolute atomic E-state index is 12.8. The van der Waals surface area contributed by atoms with Crippen molar-refractivity contribution in [3.05, 3.63) is 65.5 Å². The Kier molecular flexibility index (Phi) is 6.76. The number of ether oxygens (including phenoxy) is 1. The van der Waals surface area contributed by atoms with Crippen molar-refractivity contribution in [3.8, 4) is 5.75 Å². The maximum atomic E-state index is 12.8. The van der Waals surface area contributed by atoms with E-state index in [-0.39, 0.29) is 12.2 Å². The first-order valence-corrected chi connectivity index (χ1v) is 7.85. The first-order valence-electron chi connectivity index (χ1n) is 7.85. The molecule has 0 radical (unpaired) electrons. The van der Waals surface area contributed by atoms with Crippen LogP contribution in [0.15, 0.2) is 48.5 Å². The molecule has 3 N–H and O–H groups in total. The van der Waals surface area contributed by atoms with E-state index in [0.29, 0.717) is 18.7 Å². The van der Waals surface area contributed by atoms with Gasteiger partial charge in [0.25, 0.3) is 0 Å². The van der Waals surface area contributed by atoms with Crippen LogP contribution in [0.2, 0.25) is 0 Å². The summed E-state index contributed by atoms with van der Waals surface area (Å²) in [5.74, 6) is -0.0371. The molecule has 0 spiro atoms. The summed E-state index contributed by atoms with van der Waals surface area (Å²) in [6.45, 7) is 2.75. The van der Waals surface area contributed by atoms with E-state index in [1.807, 2.05) is 31.2 Å². The minimum atomic E-state index is -0.533. The number of benzene rings is 2. The van der Waals surface area contributed by atoms with E-state index >= 15 is 0 Å². The number of nitrogens with one attached hydrogen (secondary N) is 3. The van der Waals surface area contributed by atoms with Gasteiger partial charge in [0.2, 0.25) is 5.91 Å². The molecule has 2 aromatic carbocycles. The van der Waals surface area contributed by atoms with Crippen molar-refractivity contribution in [3.63, 3.8) is 0 Å². The molecule has 25 heavy (non-hydrogen) atoms. The van der Waals surface area contributed by atoms with E-state index in [1.165, 1.54) is 24.3 Å². The Bertz CT molecular complexity index is 720. The molecule has 0 aliphatic heterocycles. The minimum Gasteiger partial charge on any atom is -0.494 e. The molecule has 0 heterocycles. The molecule has 0 saturated carbocycles. The quantitative estimate of drug-likeness (QED) is 0.703. The number of rotatable bonds is 6. The fraction of sp³-hybridized carbons (Fsp3) is 0.222. The second kappa shape index (κ2) is 9.27. The largest absolute Gasteiger partial charge is 0.494 e. The van der Waals surface area contributed by atoms with Crippen LogP contribution in [0, 0.1) is 5.82 Å². The molecule has 0 atom stereocenters. The first-order chi connectivity index (χ1) is 12.1. The Hall–Kier alpha value is -3.09. The molecule has 0 saturated heterocycles. The number of hydrogen-bond acceptors (Lipinski definition) is 3. The van der Waals surface area contributed by atoms with Crippen molar-refractivity contribution in [1.82, 2.24) is 16.2 Å². The van der Waals surface area contributed by atoms with Gasteiger partial charge in [-0.05, 0) is 42.3 Å². The van der Waals surface area contributed by atoms with E-state index in [1.54, 1.807) is 0 Å². The number of carbonyl (C=O) groups excluding carboxylic acids is 2. The number of urea groups is 1. The van der Waals surface area contributed by atoms with Crippen molar-refractivity contribution in [2.45, 2.75) is 19.9 Å². The number of hydrazine groups is 1. The van der Waals surface area contributed by atoms with Crippen LogP contribution in [0.1, 0.15) is 18.1 Å². The smallest absolute Gasteiger partial charge is 0.333 e. The summed E-state index contributed by atoms with van der Waals surface area (Å²) in [6, 6.07) is 12.4. The SMILES string of the molecule is CCOc1cccc(CNC(=O)NNC(=O)Cc2ccc(F)cc2)c1. The van der Waals surface area contributed by atoms with Crippen LogP contribution >= 0.6 is 0 Å². The zero-order chi connectivity index (χ0) is 18.1. The Balaban J connectivity index is 1.72. The molecule has 7 heteroatoms. The summed E-state index contributed by atoms with van der Waals surface area (Å²) in [5.41, 5.74) is 6.08. The van der Waals surface area contributed by atoms with Crippen molar-refractivity contribution in [2.24, 2.45) is 0 Å². The highest BCUT2D eigenvalue weighted by atomic mass is 19.1. The zero-order valence-electron chi connectivity index (χ0n) is 13.8. The van der Waals surface area contributed by atoms with Crippen molar-refractivity contribution >= 4 is 11.9 Å². The molecule has 0 fully saturated rings. The normalized spacial score (nSPS) is 10.0. The third-order valence-electron chi connectivity index (χ3n) is 3.26. The Labute approximate surface area is 145 Å². The highest BCUT2D eigenvalue weighted by Crippen LogP contribution is 2.12. The van der Waals surface area contributed by atoms with Crippen molar-refractivity contribution < 1.29 is 18.7 Å². The van der Waals surface area contributed by atoms with E-state index in [4.69, 9.17) is 4.74 Å². The fourth-order valence-corrected chi connectivity index (χ4v) is 2.10.